The van der Waals surface area contributed by atoms with Crippen molar-refractivity contribution in [2.75, 3.05) is 26.2 Å². The van der Waals surface area contributed by atoms with Gasteiger partial charge in [0.1, 0.15) is 0 Å². The average Bonchev–Trinajstić information content (AvgIpc) is 3.50. The number of hydrogen-bond donors (Lipinski definition) is 1. The third-order valence-electron chi connectivity index (χ3n) is 8.33. The van der Waals surface area contributed by atoms with Crippen LogP contribution < -0.4 is 5.32 Å². The molecule has 0 bridgehead atoms. The molecule has 3 saturated heterocycles. The first-order valence-corrected chi connectivity index (χ1v) is 11.7. The van der Waals surface area contributed by atoms with Gasteiger partial charge in [-0.15, -0.1) is 0 Å². The van der Waals surface area contributed by atoms with E-state index in [1.54, 1.807) is 0 Å². The van der Waals surface area contributed by atoms with Gasteiger partial charge in [0, 0.05) is 43.7 Å². The van der Waals surface area contributed by atoms with Crippen molar-refractivity contribution in [2.24, 2.45) is 5.92 Å². The number of carbonyl (C=O) groups is 2. The number of urea groups is 1. The number of carbonyl (C=O) groups excluding carboxylic acids is 2. The summed E-state index contributed by atoms with van der Waals surface area (Å²) >= 11 is 0. The maximum atomic E-state index is 12.6. The lowest BCUT2D eigenvalue weighted by molar-refractivity contribution is -0.135. The minimum atomic E-state index is 0.188. The summed E-state index contributed by atoms with van der Waals surface area (Å²) in [5.41, 5.74) is 0.214. The normalized spacial score (nSPS) is 34.2. The summed E-state index contributed by atoms with van der Waals surface area (Å²) in [4.78, 5) is 32.0. The van der Waals surface area contributed by atoms with Gasteiger partial charge in [-0.05, 0) is 58.3 Å². The van der Waals surface area contributed by atoms with Crippen LogP contribution in [0.2, 0.25) is 0 Å². The minimum absolute atomic E-state index is 0.188. The van der Waals surface area contributed by atoms with Crippen molar-refractivity contribution >= 4 is 11.9 Å². The SMILES string of the molecule is CC1(N2CCC(N3C(=O)N[C@@H]4CCCC[C@H]43)CC2)CCN(C(=O)C2CC2)CC1. The van der Waals surface area contributed by atoms with Crippen LogP contribution in [0.4, 0.5) is 4.79 Å². The Labute approximate surface area is 169 Å². The highest BCUT2D eigenvalue weighted by molar-refractivity contribution is 5.81. The topological polar surface area (TPSA) is 55.9 Å². The van der Waals surface area contributed by atoms with E-state index in [0.717, 1.165) is 71.1 Å². The standard InChI is InChI=1S/C22H36N4O2/c1-22(10-14-24(15-11-22)20(27)16-6-7-16)25-12-8-17(9-13-25)26-19-5-3-2-4-18(19)23-21(26)28/h16-19H,2-15H2,1H3,(H,23,28)/t18-,19-/m1/s1. The number of fused-ring (bicyclic) bond motifs is 1. The molecule has 156 valence electrons. The van der Waals surface area contributed by atoms with Crippen LogP contribution in [0.3, 0.4) is 0 Å². The summed E-state index contributed by atoms with van der Waals surface area (Å²) in [6.45, 7) is 6.40. The molecule has 0 unspecified atom stereocenters. The van der Waals surface area contributed by atoms with Gasteiger partial charge in [0.25, 0.3) is 0 Å². The second kappa shape index (κ2) is 7.19. The third-order valence-corrected chi connectivity index (χ3v) is 8.33. The van der Waals surface area contributed by atoms with Gasteiger partial charge in [0.05, 0.1) is 12.1 Å². The molecule has 2 aliphatic carbocycles. The molecule has 28 heavy (non-hydrogen) atoms. The van der Waals surface area contributed by atoms with E-state index < -0.39 is 0 Å². The first kappa shape index (κ1) is 18.7. The van der Waals surface area contributed by atoms with Gasteiger partial charge in [-0.2, -0.15) is 0 Å². The fraction of sp³-hybridized carbons (Fsp3) is 0.909. The van der Waals surface area contributed by atoms with Crippen molar-refractivity contribution in [2.45, 2.75) is 94.8 Å². The van der Waals surface area contributed by atoms with Crippen LogP contribution in [0.1, 0.15) is 71.1 Å². The Bertz CT molecular complexity index is 618. The highest BCUT2D eigenvalue weighted by Gasteiger charge is 2.46. The van der Waals surface area contributed by atoms with Gasteiger partial charge in [-0.25, -0.2) is 4.79 Å². The molecule has 0 aromatic heterocycles. The molecule has 3 heterocycles. The predicted octanol–water partition coefficient (Wildman–Crippen LogP) is 2.58. The molecule has 6 heteroatoms. The Morgan fingerprint density at radius 2 is 1.64 bits per heavy atom. The molecule has 1 N–H and O–H groups in total. The first-order chi connectivity index (χ1) is 13.5. The Kier molecular flexibility index (Phi) is 4.80. The monoisotopic (exact) mass is 388 g/mol. The molecule has 5 rings (SSSR count). The Hall–Kier alpha value is -1.30. The zero-order valence-corrected chi connectivity index (χ0v) is 17.4. The zero-order valence-electron chi connectivity index (χ0n) is 17.4. The van der Waals surface area contributed by atoms with Gasteiger partial charge >= 0.3 is 6.03 Å². The first-order valence-electron chi connectivity index (χ1n) is 11.7. The molecule has 0 spiro atoms. The molecule has 5 aliphatic rings. The minimum Gasteiger partial charge on any atom is -0.342 e. The predicted molar refractivity (Wildman–Crippen MR) is 108 cm³/mol. The van der Waals surface area contributed by atoms with Crippen molar-refractivity contribution in [3.8, 4) is 0 Å². The Morgan fingerprint density at radius 1 is 0.964 bits per heavy atom. The second-order valence-corrected chi connectivity index (χ2v) is 10.1. The van der Waals surface area contributed by atoms with Crippen molar-refractivity contribution in [3.63, 3.8) is 0 Å². The number of amides is 3. The summed E-state index contributed by atoms with van der Waals surface area (Å²) in [7, 11) is 0. The van der Waals surface area contributed by atoms with Crippen LogP contribution in [-0.2, 0) is 4.79 Å². The summed E-state index contributed by atoms with van der Waals surface area (Å²) in [6.07, 6.45) is 11.4. The van der Waals surface area contributed by atoms with Crippen LogP contribution in [0.25, 0.3) is 0 Å². The van der Waals surface area contributed by atoms with Gasteiger partial charge in [-0.3, -0.25) is 9.69 Å². The highest BCUT2D eigenvalue weighted by atomic mass is 16.2. The smallest absolute Gasteiger partial charge is 0.318 e. The molecular weight excluding hydrogens is 352 g/mol. The number of nitrogens with one attached hydrogen (secondary N) is 1. The van der Waals surface area contributed by atoms with Crippen molar-refractivity contribution in [1.82, 2.24) is 20.0 Å². The van der Waals surface area contributed by atoms with Crippen LogP contribution >= 0.6 is 0 Å². The van der Waals surface area contributed by atoms with Gasteiger partial charge in [0.15, 0.2) is 0 Å². The maximum absolute atomic E-state index is 12.6. The largest absolute Gasteiger partial charge is 0.342 e. The number of nitrogens with zero attached hydrogens (tertiary/aromatic N) is 3. The number of piperidine rings is 2. The van der Waals surface area contributed by atoms with E-state index in [0.29, 0.717) is 30.0 Å². The molecular formula is C22H36N4O2. The van der Waals surface area contributed by atoms with Crippen LogP contribution in [-0.4, -0.2) is 76.5 Å². The quantitative estimate of drug-likeness (QED) is 0.808. The second-order valence-electron chi connectivity index (χ2n) is 10.1. The molecule has 3 aliphatic heterocycles. The highest BCUT2D eigenvalue weighted by Crippen LogP contribution is 2.37. The lowest BCUT2D eigenvalue weighted by Gasteiger charge is -2.50. The number of rotatable bonds is 3. The van der Waals surface area contributed by atoms with Crippen LogP contribution in [0.5, 0.6) is 0 Å². The van der Waals surface area contributed by atoms with Crippen molar-refractivity contribution in [1.29, 1.82) is 0 Å². The van der Waals surface area contributed by atoms with E-state index in [2.05, 4.69) is 26.9 Å². The summed E-state index contributed by atoms with van der Waals surface area (Å²) in [5.74, 6) is 0.748. The fourth-order valence-electron chi connectivity index (χ4n) is 6.23. The zero-order chi connectivity index (χ0) is 19.3. The van der Waals surface area contributed by atoms with Gasteiger partial charge in [0.2, 0.25) is 5.91 Å². The van der Waals surface area contributed by atoms with Crippen LogP contribution in [0, 0.1) is 5.92 Å². The molecule has 0 radical (unpaired) electrons. The third kappa shape index (κ3) is 3.31. The van der Waals surface area contributed by atoms with Crippen molar-refractivity contribution < 1.29 is 9.59 Å². The lowest BCUT2D eigenvalue weighted by atomic mass is 9.84. The van der Waals surface area contributed by atoms with E-state index in [9.17, 15) is 9.59 Å². The average molecular weight is 389 g/mol. The van der Waals surface area contributed by atoms with Gasteiger partial charge in [-0.1, -0.05) is 12.8 Å². The lowest BCUT2D eigenvalue weighted by Crippen LogP contribution is -2.59. The molecule has 6 nitrogen and oxygen atoms in total. The molecule has 2 atom stereocenters. The number of hydrogen-bond acceptors (Lipinski definition) is 3. The van der Waals surface area contributed by atoms with Crippen molar-refractivity contribution in [3.05, 3.63) is 0 Å². The molecule has 3 amide bonds. The maximum Gasteiger partial charge on any atom is 0.318 e. The van der Waals surface area contributed by atoms with E-state index in [1.165, 1.54) is 19.3 Å². The van der Waals surface area contributed by atoms with E-state index in [-0.39, 0.29) is 11.6 Å². The van der Waals surface area contributed by atoms with E-state index in [4.69, 9.17) is 0 Å². The Morgan fingerprint density at radius 3 is 2.32 bits per heavy atom. The van der Waals surface area contributed by atoms with Gasteiger partial charge < -0.3 is 15.1 Å². The molecule has 0 aromatic rings. The summed E-state index contributed by atoms with van der Waals surface area (Å²) < 4.78 is 0. The summed E-state index contributed by atoms with van der Waals surface area (Å²) in [6, 6.07) is 1.42. The number of likely N-dealkylation sites (tertiary alicyclic amines) is 2. The summed E-state index contributed by atoms with van der Waals surface area (Å²) in [5, 5.41) is 3.25. The fourth-order valence-corrected chi connectivity index (χ4v) is 6.23. The van der Waals surface area contributed by atoms with E-state index in [1.807, 2.05) is 0 Å². The van der Waals surface area contributed by atoms with E-state index >= 15 is 0 Å². The molecule has 0 aromatic carbocycles. The molecule has 2 saturated carbocycles. The van der Waals surface area contributed by atoms with Crippen LogP contribution in [0.15, 0.2) is 0 Å². The Balaban J connectivity index is 1.16. The molecule has 5 fully saturated rings.